The van der Waals surface area contributed by atoms with Crippen LogP contribution < -0.4 is 9.80 Å². The maximum Gasteiger partial charge on any atom is 0.159 e. The summed E-state index contributed by atoms with van der Waals surface area (Å²) in [7, 11) is 0. The van der Waals surface area contributed by atoms with Crippen molar-refractivity contribution in [2.24, 2.45) is 0 Å². The van der Waals surface area contributed by atoms with Crippen molar-refractivity contribution in [3.05, 3.63) is 246 Å². The molecular formula is C72H52N2O3. The van der Waals surface area contributed by atoms with Gasteiger partial charge in [-0.05, 0) is 128 Å². The minimum atomic E-state index is 0.825. The molecule has 0 atom stereocenters. The molecule has 3 heterocycles. The molecule has 1 aliphatic rings. The number of fused-ring (bicyclic) bond motifs is 13. The van der Waals surface area contributed by atoms with E-state index in [-0.39, 0.29) is 0 Å². The van der Waals surface area contributed by atoms with Crippen molar-refractivity contribution < 1.29 is 13.3 Å². The molecule has 0 radical (unpaired) electrons. The first-order chi connectivity index (χ1) is 37.9. The van der Waals surface area contributed by atoms with Crippen LogP contribution in [0.3, 0.4) is 0 Å². The molecule has 77 heavy (non-hydrogen) atoms. The highest BCUT2D eigenvalue weighted by Gasteiger charge is 2.30. The first-order valence-electron chi connectivity index (χ1n) is 26.7. The monoisotopic (exact) mass is 992 g/mol. The largest absolute Gasteiger partial charge is 0.455 e. The summed E-state index contributed by atoms with van der Waals surface area (Å²) in [5.41, 5.74) is 23.0. The molecule has 5 heteroatoms. The van der Waals surface area contributed by atoms with Gasteiger partial charge in [0.1, 0.15) is 22.3 Å². The molecule has 0 fully saturated rings. The SMILES string of the molecule is Cc1ccc(N(c2cc3c(oc4c5ccccc5c(N(c5ccc(C)c(C)c5)c5cccc6c5oc5c(-c7ccccc7)cccc56)cc34)c3c2CCC=C3)c2cccc3c2oc2c(-c4ccccc4)cccc23)cc1C. The van der Waals surface area contributed by atoms with Crippen molar-refractivity contribution in [3.8, 4) is 22.3 Å². The summed E-state index contributed by atoms with van der Waals surface area (Å²) in [6, 6.07) is 74.3. The van der Waals surface area contributed by atoms with Crippen molar-refractivity contribution in [1.29, 1.82) is 0 Å². The minimum Gasteiger partial charge on any atom is -0.455 e. The summed E-state index contributed by atoms with van der Waals surface area (Å²) in [5.74, 6) is 0. The highest BCUT2D eigenvalue weighted by Crippen LogP contribution is 2.52. The molecule has 0 amide bonds. The summed E-state index contributed by atoms with van der Waals surface area (Å²) in [6.07, 6.45) is 6.35. The van der Waals surface area contributed by atoms with Gasteiger partial charge in [0.2, 0.25) is 0 Å². The summed E-state index contributed by atoms with van der Waals surface area (Å²) in [5, 5.41) is 8.49. The second-order valence-corrected chi connectivity index (χ2v) is 20.8. The van der Waals surface area contributed by atoms with Gasteiger partial charge in [0, 0.05) is 71.2 Å². The van der Waals surface area contributed by atoms with E-state index in [1.807, 2.05) is 0 Å². The maximum atomic E-state index is 7.33. The van der Waals surface area contributed by atoms with E-state index < -0.39 is 0 Å². The first-order valence-corrected chi connectivity index (χ1v) is 26.7. The number of para-hydroxylation sites is 4. The Balaban J connectivity index is 1.02. The lowest BCUT2D eigenvalue weighted by atomic mass is 9.91. The fourth-order valence-corrected chi connectivity index (χ4v) is 12.2. The number of aryl methyl sites for hydroxylation is 4. The smallest absolute Gasteiger partial charge is 0.159 e. The van der Waals surface area contributed by atoms with Gasteiger partial charge in [0.05, 0.1) is 22.7 Å². The fraction of sp³-hybridized carbons (Fsp3) is 0.0833. The Hall–Kier alpha value is -9.58. The molecule has 3 aromatic heterocycles. The van der Waals surface area contributed by atoms with Crippen molar-refractivity contribution in [3.63, 3.8) is 0 Å². The fourth-order valence-electron chi connectivity index (χ4n) is 12.2. The number of furan rings is 3. The van der Waals surface area contributed by atoms with Crippen LogP contribution in [0.1, 0.15) is 39.8 Å². The van der Waals surface area contributed by atoms with E-state index in [9.17, 15) is 0 Å². The summed E-state index contributed by atoms with van der Waals surface area (Å²) in [6.45, 7) is 8.77. The number of hydrogen-bond acceptors (Lipinski definition) is 5. The Morgan fingerprint density at radius 1 is 0.325 bits per heavy atom. The Bertz CT molecular complexity index is 4750. The lowest BCUT2D eigenvalue weighted by molar-refractivity contribution is 0.669. The Morgan fingerprint density at radius 3 is 1.32 bits per heavy atom. The molecule has 0 N–H and O–H groups in total. The van der Waals surface area contributed by atoms with Crippen LogP contribution >= 0.6 is 0 Å². The summed E-state index contributed by atoms with van der Waals surface area (Å²) in [4.78, 5) is 4.86. The van der Waals surface area contributed by atoms with Gasteiger partial charge < -0.3 is 23.1 Å². The van der Waals surface area contributed by atoms with Crippen LogP contribution in [-0.2, 0) is 6.42 Å². The van der Waals surface area contributed by atoms with Crippen LogP contribution in [0.4, 0.5) is 34.1 Å². The topological polar surface area (TPSA) is 45.9 Å². The minimum absolute atomic E-state index is 0.825. The maximum absolute atomic E-state index is 7.33. The average Bonchev–Trinajstić information content (AvgIpc) is 4.35. The Kier molecular flexibility index (Phi) is 10.2. The van der Waals surface area contributed by atoms with E-state index in [0.29, 0.717) is 0 Å². The van der Waals surface area contributed by atoms with Crippen LogP contribution in [-0.4, -0.2) is 0 Å². The predicted molar refractivity (Wildman–Crippen MR) is 322 cm³/mol. The van der Waals surface area contributed by atoms with E-state index >= 15 is 0 Å². The van der Waals surface area contributed by atoms with Gasteiger partial charge in [-0.2, -0.15) is 0 Å². The lowest BCUT2D eigenvalue weighted by Gasteiger charge is -2.30. The van der Waals surface area contributed by atoms with Gasteiger partial charge in [-0.3, -0.25) is 0 Å². The van der Waals surface area contributed by atoms with Gasteiger partial charge in [-0.1, -0.05) is 170 Å². The Morgan fingerprint density at radius 2 is 0.766 bits per heavy atom. The number of nitrogens with zero attached hydrogens (tertiary/aromatic N) is 2. The molecule has 1 aliphatic carbocycles. The van der Waals surface area contributed by atoms with E-state index in [1.54, 1.807) is 0 Å². The molecule has 368 valence electrons. The van der Waals surface area contributed by atoms with E-state index in [4.69, 9.17) is 13.3 Å². The quantitative estimate of drug-likeness (QED) is 0.152. The molecule has 0 saturated heterocycles. The van der Waals surface area contributed by atoms with E-state index in [1.165, 1.54) is 27.8 Å². The highest BCUT2D eigenvalue weighted by atomic mass is 16.3. The molecule has 0 aliphatic heterocycles. The number of hydrogen-bond donors (Lipinski definition) is 0. The molecule has 14 aromatic rings. The summed E-state index contributed by atoms with van der Waals surface area (Å²) >= 11 is 0. The third-order valence-electron chi connectivity index (χ3n) is 16.4. The van der Waals surface area contributed by atoms with Crippen LogP contribution in [0.5, 0.6) is 0 Å². The van der Waals surface area contributed by atoms with Gasteiger partial charge in [-0.25, -0.2) is 0 Å². The number of rotatable bonds is 8. The normalized spacial score (nSPS) is 12.5. The Labute approximate surface area is 446 Å². The molecule has 0 bridgehead atoms. The van der Waals surface area contributed by atoms with Crippen molar-refractivity contribution in [2.75, 3.05) is 9.80 Å². The van der Waals surface area contributed by atoms with Crippen LogP contribution in [0.25, 0.3) is 105 Å². The molecule has 0 spiro atoms. The lowest BCUT2D eigenvalue weighted by Crippen LogP contribution is -2.14. The third-order valence-corrected chi connectivity index (χ3v) is 16.4. The third kappa shape index (κ3) is 7.00. The average molecular weight is 993 g/mol. The number of benzene rings is 11. The van der Waals surface area contributed by atoms with E-state index in [0.717, 1.165) is 151 Å². The number of allylic oxidation sites excluding steroid dienone is 1. The zero-order valence-electron chi connectivity index (χ0n) is 43.3. The molecule has 15 rings (SSSR count). The van der Waals surface area contributed by atoms with E-state index in [2.05, 4.69) is 256 Å². The number of anilines is 6. The molecule has 0 unspecified atom stereocenters. The first kappa shape index (κ1) is 44.9. The van der Waals surface area contributed by atoms with Crippen molar-refractivity contribution >= 4 is 117 Å². The second kappa shape index (κ2) is 17.5. The predicted octanol–water partition coefficient (Wildman–Crippen LogP) is 21.0. The van der Waals surface area contributed by atoms with Gasteiger partial charge >= 0.3 is 0 Å². The zero-order chi connectivity index (χ0) is 51.5. The second-order valence-electron chi connectivity index (χ2n) is 20.8. The van der Waals surface area contributed by atoms with Crippen LogP contribution in [0.15, 0.2) is 226 Å². The standard InChI is InChI=1S/C72H52N2O3/c1-43-35-37-49(39-45(43)3)73(63-33-17-31-59-57-29-15-27-51(67(57)76-71(59)63)47-19-7-5-8-20-47)65-41-61-62-42-66(54-24-12-14-26-56(54)70(62)75-69(61)55-25-13-11-23-53(55)65)74(50-38-36-44(2)46(4)40-50)64-34-18-32-60-58-30-16-28-52(68(58)77-72(60)64)48-21-9-6-10-22-48/h5-11,13-23,25-42H,12,24H2,1-4H3. The zero-order valence-corrected chi connectivity index (χ0v) is 43.3. The highest BCUT2D eigenvalue weighted by molar-refractivity contribution is 6.23. The van der Waals surface area contributed by atoms with Crippen LogP contribution in [0, 0.1) is 27.7 Å². The van der Waals surface area contributed by atoms with Gasteiger partial charge in [0.15, 0.2) is 11.2 Å². The summed E-state index contributed by atoms with van der Waals surface area (Å²) < 4.78 is 21.8. The van der Waals surface area contributed by atoms with Crippen LogP contribution in [0.2, 0.25) is 0 Å². The van der Waals surface area contributed by atoms with Crippen molar-refractivity contribution in [2.45, 2.75) is 40.5 Å². The molecular weight excluding hydrogens is 941 g/mol. The molecule has 11 aromatic carbocycles. The molecule has 0 saturated carbocycles. The van der Waals surface area contributed by atoms with Gasteiger partial charge in [0.25, 0.3) is 0 Å². The van der Waals surface area contributed by atoms with Gasteiger partial charge in [-0.15, -0.1) is 0 Å². The molecule has 5 nitrogen and oxygen atoms in total. The van der Waals surface area contributed by atoms with Crippen molar-refractivity contribution in [1.82, 2.24) is 0 Å².